The van der Waals surface area contributed by atoms with Gasteiger partial charge in [0, 0.05) is 24.2 Å². The van der Waals surface area contributed by atoms with Crippen LogP contribution < -0.4 is 0 Å². The highest BCUT2D eigenvalue weighted by atomic mass is 15.2. The van der Waals surface area contributed by atoms with Gasteiger partial charge in [0.1, 0.15) is 17.7 Å². The largest absolute Gasteiger partial charge is 0.367 e. The Bertz CT molecular complexity index is 776. The first kappa shape index (κ1) is 19.2. The van der Waals surface area contributed by atoms with Crippen LogP contribution in [0, 0.1) is 28.6 Å². The second-order valence-electron chi connectivity index (χ2n) is 7.76. The lowest BCUT2D eigenvalue weighted by Gasteiger charge is -2.47. The Kier molecular flexibility index (Phi) is 6.32. The summed E-state index contributed by atoms with van der Waals surface area (Å²) in [4.78, 5) is 4.78. The normalized spacial score (nSPS) is 21.9. The Morgan fingerprint density at radius 1 is 1.11 bits per heavy atom. The quantitative estimate of drug-likeness (QED) is 0.739. The van der Waals surface area contributed by atoms with Gasteiger partial charge in [0.25, 0.3) is 0 Å². The number of hydrogen-bond donors (Lipinski definition) is 0. The minimum Gasteiger partial charge on any atom is -0.367 e. The molecule has 1 aliphatic carbocycles. The molecule has 2 aliphatic rings. The van der Waals surface area contributed by atoms with Gasteiger partial charge in [0.2, 0.25) is 0 Å². The molecule has 4 nitrogen and oxygen atoms in total. The van der Waals surface area contributed by atoms with Crippen molar-refractivity contribution in [3.8, 4) is 12.1 Å². The van der Waals surface area contributed by atoms with Gasteiger partial charge in [-0.2, -0.15) is 10.5 Å². The lowest BCUT2D eigenvalue weighted by molar-refractivity contribution is 0.169. The van der Waals surface area contributed by atoms with Gasteiger partial charge in [-0.15, -0.1) is 0 Å². The first-order valence-electron chi connectivity index (χ1n) is 9.88. The van der Waals surface area contributed by atoms with Gasteiger partial charge >= 0.3 is 0 Å². The van der Waals surface area contributed by atoms with E-state index in [4.69, 9.17) is 0 Å². The fourth-order valence-electron chi connectivity index (χ4n) is 4.48. The summed E-state index contributed by atoms with van der Waals surface area (Å²) in [6, 6.07) is 15.1. The molecule has 0 amide bonds. The molecule has 1 heterocycles. The molecule has 27 heavy (non-hydrogen) atoms. The summed E-state index contributed by atoms with van der Waals surface area (Å²) in [6.07, 6.45) is 7.81. The highest BCUT2D eigenvalue weighted by Crippen LogP contribution is 2.43. The molecule has 1 saturated carbocycles. The second kappa shape index (κ2) is 8.89. The number of nitrogens with zero attached hydrogens (tertiary/aromatic N) is 4. The van der Waals surface area contributed by atoms with E-state index in [0.29, 0.717) is 12.0 Å². The summed E-state index contributed by atoms with van der Waals surface area (Å²) < 4.78 is 0. The zero-order valence-corrected chi connectivity index (χ0v) is 16.4. The fourth-order valence-corrected chi connectivity index (χ4v) is 4.48. The molecule has 1 aromatic carbocycles. The van der Waals surface area contributed by atoms with Gasteiger partial charge < -0.3 is 9.80 Å². The summed E-state index contributed by atoms with van der Waals surface area (Å²) in [7, 11) is 4.22. The van der Waals surface area contributed by atoms with Crippen molar-refractivity contribution in [1.29, 1.82) is 10.5 Å². The first-order chi connectivity index (χ1) is 13.2. The summed E-state index contributed by atoms with van der Waals surface area (Å²) in [6.45, 7) is 2.06. The van der Waals surface area contributed by atoms with Crippen molar-refractivity contribution in [2.45, 2.75) is 38.1 Å². The van der Waals surface area contributed by atoms with E-state index in [1.165, 1.54) is 18.4 Å². The molecule has 1 fully saturated rings. The third-order valence-electron chi connectivity index (χ3n) is 5.72. The zero-order valence-electron chi connectivity index (χ0n) is 16.4. The molecular weight excluding hydrogens is 332 g/mol. The Balaban J connectivity index is 2.06. The van der Waals surface area contributed by atoms with E-state index in [1.54, 1.807) is 0 Å². The number of nitriles is 2. The number of benzene rings is 1. The third-order valence-corrected chi connectivity index (χ3v) is 5.72. The smallest absolute Gasteiger partial charge is 0.133 e. The third kappa shape index (κ3) is 4.24. The van der Waals surface area contributed by atoms with Gasteiger partial charge in [0.05, 0.1) is 0 Å². The summed E-state index contributed by atoms with van der Waals surface area (Å²) >= 11 is 0. The SMILES string of the molecule is CN(C)CCCN1C(c2ccccc2)=CC(=C(C#N)C#N)[C@H]2CCCC[C@H]21. The molecule has 0 N–H and O–H groups in total. The minimum absolute atomic E-state index is 0.285. The lowest BCUT2D eigenvalue weighted by Crippen LogP contribution is -2.45. The van der Waals surface area contributed by atoms with Crippen LogP contribution in [0.2, 0.25) is 0 Å². The number of hydrogen-bond acceptors (Lipinski definition) is 4. The maximum atomic E-state index is 9.52. The van der Waals surface area contributed by atoms with Crippen molar-refractivity contribution < 1.29 is 0 Å². The Hall–Kier alpha value is -2.56. The Morgan fingerprint density at radius 3 is 2.48 bits per heavy atom. The molecule has 0 spiro atoms. The second-order valence-corrected chi connectivity index (χ2v) is 7.76. The molecule has 3 rings (SSSR count). The van der Waals surface area contributed by atoms with Crippen molar-refractivity contribution in [2.24, 2.45) is 5.92 Å². The molecule has 0 radical (unpaired) electrons. The molecule has 0 unspecified atom stereocenters. The van der Waals surface area contributed by atoms with E-state index in [9.17, 15) is 10.5 Å². The minimum atomic E-state index is 0.285. The molecular formula is C23H28N4. The highest BCUT2D eigenvalue weighted by molar-refractivity contribution is 5.70. The molecule has 2 atom stereocenters. The van der Waals surface area contributed by atoms with Gasteiger partial charge in [-0.25, -0.2) is 0 Å². The predicted molar refractivity (Wildman–Crippen MR) is 108 cm³/mol. The molecule has 4 heteroatoms. The fraction of sp³-hybridized carbons (Fsp3) is 0.478. The maximum absolute atomic E-state index is 9.52. The highest BCUT2D eigenvalue weighted by Gasteiger charge is 2.38. The van der Waals surface area contributed by atoms with Crippen molar-refractivity contribution in [3.05, 3.63) is 53.1 Å². The average molecular weight is 361 g/mol. The van der Waals surface area contributed by atoms with Crippen LogP contribution in [0.3, 0.4) is 0 Å². The summed E-state index contributed by atoms with van der Waals surface area (Å²) in [5, 5.41) is 19.0. The van der Waals surface area contributed by atoms with Gasteiger partial charge in [0.15, 0.2) is 0 Å². The van der Waals surface area contributed by atoms with Crippen molar-refractivity contribution >= 4 is 5.70 Å². The monoisotopic (exact) mass is 360 g/mol. The van der Waals surface area contributed by atoms with Crippen LogP contribution in [-0.4, -0.2) is 43.0 Å². The van der Waals surface area contributed by atoms with Crippen LogP contribution in [0.5, 0.6) is 0 Å². The molecule has 140 valence electrons. The topological polar surface area (TPSA) is 54.1 Å². The summed E-state index contributed by atoms with van der Waals surface area (Å²) in [5.74, 6) is 0.292. The lowest BCUT2D eigenvalue weighted by atomic mass is 9.74. The van der Waals surface area contributed by atoms with Crippen molar-refractivity contribution in [3.63, 3.8) is 0 Å². The Labute approximate surface area is 163 Å². The maximum Gasteiger partial charge on any atom is 0.133 e. The number of fused-ring (bicyclic) bond motifs is 1. The van der Waals surface area contributed by atoms with Crippen LogP contribution in [0.1, 0.15) is 37.7 Å². The van der Waals surface area contributed by atoms with Crippen LogP contribution in [0.15, 0.2) is 47.6 Å². The van der Waals surface area contributed by atoms with Gasteiger partial charge in [-0.1, -0.05) is 43.2 Å². The van der Waals surface area contributed by atoms with Gasteiger partial charge in [-0.3, -0.25) is 0 Å². The Morgan fingerprint density at radius 2 is 1.81 bits per heavy atom. The molecule has 0 aromatic heterocycles. The standard InChI is InChI=1S/C23H28N4/c1-26(2)13-8-14-27-22-12-7-6-11-20(22)21(19(16-24)17-25)15-23(27)18-9-4-3-5-10-18/h3-5,9-10,15,20,22H,6-8,11-14H2,1-2H3/t20-,22-/m1/s1. The van der Waals surface area contributed by atoms with E-state index in [2.05, 4.69) is 66.4 Å². The van der Waals surface area contributed by atoms with Crippen LogP contribution in [0.4, 0.5) is 0 Å². The van der Waals surface area contributed by atoms with E-state index in [1.807, 2.05) is 6.07 Å². The average Bonchev–Trinajstić information content (AvgIpc) is 2.70. The summed E-state index contributed by atoms with van der Waals surface area (Å²) in [5.41, 5.74) is 3.57. The number of allylic oxidation sites excluding steroid dienone is 2. The first-order valence-corrected chi connectivity index (χ1v) is 9.88. The molecule has 0 bridgehead atoms. The van der Waals surface area contributed by atoms with Crippen LogP contribution >= 0.6 is 0 Å². The van der Waals surface area contributed by atoms with E-state index in [0.717, 1.165) is 43.6 Å². The van der Waals surface area contributed by atoms with E-state index < -0.39 is 0 Å². The van der Waals surface area contributed by atoms with Crippen LogP contribution in [-0.2, 0) is 0 Å². The van der Waals surface area contributed by atoms with E-state index in [-0.39, 0.29) is 5.57 Å². The van der Waals surface area contributed by atoms with Crippen molar-refractivity contribution in [1.82, 2.24) is 9.80 Å². The molecule has 1 aliphatic heterocycles. The van der Waals surface area contributed by atoms with Gasteiger partial charge in [-0.05, 0) is 57.1 Å². The zero-order chi connectivity index (χ0) is 19.2. The van der Waals surface area contributed by atoms with E-state index >= 15 is 0 Å². The van der Waals surface area contributed by atoms with Crippen LogP contribution in [0.25, 0.3) is 5.70 Å². The predicted octanol–water partition coefficient (Wildman–Crippen LogP) is 4.20. The molecule has 1 aromatic rings. The van der Waals surface area contributed by atoms with Crippen molar-refractivity contribution in [2.75, 3.05) is 27.2 Å². The number of rotatable bonds is 5. The molecule has 0 saturated heterocycles.